The molecule has 0 amide bonds. The summed E-state index contributed by atoms with van der Waals surface area (Å²) in [6.45, 7) is 2.55. The molecule has 0 unspecified atom stereocenters. The van der Waals surface area contributed by atoms with Gasteiger partial charge >= 0.3 is 0 Å². The van der Waals surface area contributed by atoms with Crippen LogP contribution in [0.5, 0.6) is 0 Å². The monoisotopic (exact) mass is 374 g/mol. The molecule has 1 aliphatic heterocycles. The standard InChI is InChI=1S/C20H22N8/c1-26-19(13-27-10-8-21-14-27)24-25-20(26)15-5-4-9-28(12-15)18-11-22-16-6-2-3-7-17(16)23-18/h2-3,6-8,10-11,14-15H,4-5,9,12-13H2,1H3/t15-/m0/s1. The molecule has 1 saturated heterocycles. The van der Waals surface area contributed by atoms with Crippen molar-refractivity contribution in [2.75, 3.05) is 18.0 Å². The lowest BCUT2D eigenvalue weighted by molar-refractivity contribution is 0.475. The normalized spacial score (nSPS) is 17.3. The quantitative estimate of drug-likeness (QED) is 0.546. The van der Waals surface area contributed by atoms with Crippen LogP contribution in [0.25, 0.3) is 11.0 Å². The van der Waals surface area contributed by atoms with E-state index in [-0.39, 0.29) is 0 Å². The Morgan fingerprint density at radius 1 is 1.14 bits per heavy atom. The minimum atomic E-state index is 0.330. The molecular formula is C20H22N8. The Labute approximate surface area is 162 Å². The van der Waals surface area contributed by atoms with Gasteiger partial charge in [0.15, 0.2) is 5.82 Å². The lowest BCUT2D eigenvalue weighted by Crippen LogP contribution is -2.36. The van der Waals surface area contributed by atoms with Gasteiger partial charge in [-0.1, -0.05) is 12.1 Å². The van der Waals surface area contributed by atoms with Gasteiger partial charge in [0.25, 0.3) is 0 Å². The van der Waals surface area contributed by atoms with Crippen LogP contribution in [-0.4, -0.2) is 47.4 Å². The molecule has 1 aliphatic rings. The van der Waals surface area contributed by atoms with Crippen LogP contribution >= 0.6 is 0 Å². The van der Waals surface area contributed by atoms with Crippen molar-refractivity contribution < 1.29 is 0 Å². The first-order valence-corrected chi connectivity index (χ1v) is 9.58. The van der Waals surface area contributed by atoms with Gasteiger partial charge in [0, 0.05) is 38.4 Å². The Morgan fingerprint density at radius 3 is 2.89 bits per heavy atom. The molecule has 142 valence electrons. The fourth-order valence-corrected chi connectivity index (χ4v) is 3.91. The highest BCUT2D eigenvalue weighted by molar-refractivity contribution is 5.75. The smallest absolute Gasteiger partial charge is 0.152 e. The second kappa shape index (κ2) is 7.03. The molecule has 4 aromatic rings. The molecule has 0 bridgehead atoms. The van der Waals surface area contributed by atoms with Crippen molar-refractivity contribution >= 4 is 16.9 Å². The van der Waals surface area contributed by atoms with Gasteiger partial charge in [0.1, 0.15) is 11.6 Å². The Balaban J connectivity index is 1.37. The topological polar surface area (TPSA) is 77.5 Å². The van der Waals surface area contributed by atoms with Crippen molar-refractivity contribution in [2.45, 2.75) is 25.3 Å². The van der Waals surface area contributed by atoms with Gasteiger partial charge in [-0.05, 0) is 25.0 Å². The summed E-state index contributed by atoms with van der Waals surface area (Å²) >= 11 is 0. The van der Waals surface area contributed by atoms with Crippen molar-refractivity contribution in [3.8, 4) is 0 Å². The SMILES string of the molecule is Cn1c(Cn2ccnc2)nnc1[C@H]1CCCN(c2cnc3ccccc3n2)C1. The molecule has 5 rings (SSSR count). The third-order valence-corrected chi connectivity index (χ3v) is 5.43. The van der Waals surface area contributed by atoms with Gasteiger partial charge < -0.3 is 14.0 Å². The molecule has 8 nitrogen and oxygen atoms in total. The molecule has 3 aromatic heterocycles. The second-order valence-corrected chi connectivity index (χ2v) is 7.27. The summed E-state index contributed by atoms with van der Waals surface area (Å²) in [5.41, 5.74) is 1.86. The average molecular weight is 374 g/mol. The first-order valence-electron chi connectivity index (χ1n) is 9.58. The first kappa shape index (κ1) is 16.9. The van der Waals surface area contributed by atoms with Crippen LogP contribution in [0.3, 0.4) is 0 Å². The molecule has 0 saturated carbocycles. The fourth-order valence-electron chi connectivity index (χ4n) is 3.91. The summed E-state index contributed by atoms with van der Waals surface area (Å²) < 4.78 is 4.13. The number of rotatable bonds is 4. The number of imidazole rings is 1. The van der Waals surface area contributed by atoms with Gasteiger partial charge in [0.05, 0.1) is 30.1 Å². The Kier molecular flexibility index (Phi) is 4.23. The Hall–Kier alpha value is -3.29. The van der Waals surface area contributed by atoms with Gasteiger partial charge in [-0.15, -0.1) is 10.2 Å². The number of fused-ring (bicyclic) bond motifs is 1. The van der Waals surface area contributed by atoms with E-state index in [4.69, 9.17) is 4.98 Å². The summed E-state index contributed by atoms with van der Waals surface area (Å²) in [5.74, 6) is 3.24. The Bertz CT molecular complexity index is 1080. The van der Waals surface area contributed by atoms with Crippen molar-refractivity contribution in [2.24, 2.45) is 7.05 Å². The summed E-state index contributed by atoms with van der Waals surface area (Å²) in [5, 5.41) is 8.94. The van der Waals surface area contributed by atoms with E-state index in [0.717, 1.165) is 54.4 Å². The minimum absolute atomic E-state index is 0.330. The molecule has 0 aliphatic carbocycles. The minimum Gasteiger partial charge on any atom is -0.355 e. The number of nitrogens with zero attached hydrogens (tertiary/aromatic N) is 8. The summed E-state index contributed by atoms with van der Waals surface area (Å²) in [6.07, 6.45) is 9.61. The van der Waals surface area contributed by atoms with Crippen LogP contribution in [0.15, 0.2) is 49.2 Å². The van der Waals surface area contributed by atoms with Crippen LogP contribution in [-0.2, 0) is 13.6 Å². The lowest BCUT2D eigenvalue weighted by atomic mass is 9.97. The zero-order valence-corrected chi connectivity index (χ0v) is 15.8. The number of hydrogen-bond acceptors (Lipinski definition) is 6. The van der Waals surface area contributed by atoms with Gasteiger partial charge in [0.2, 0.25) is 0 Å². The van der Waals surface area contributed by atoms with E-state index in [9.17, 15) is 0 Å². The highest BCUT2D eigenvalue weighted by atomic mass is 15.3. The first-order chi connectivity index (χ1) is 13.8. The molecular weight excluding hydrogens is 352 g/mol. The summed E-state index contributed by atoms with van der Waals surface area (Å²) in [7, 11) is 2.05. The number of benzene rings is 1. The van der Waals surface area contributed by atoms with E-state index < -0.39 is 0 Å². The van der Waals surface area contributed by atoms with Gasteiger partial charge in [-0.2, -0.15) is 0 Å². The van der Waals surface area contributed by atoms with Crippen LogP contribution in [0.1, 0.15) is 30.4 Å². The second-order valence-electron chi connectivity index (χ2n) is 7.27. The maximum Gasteiger partial charge on any atom is 0.152 e. The molecule has 1 aromatic carbocycles. The van der Waals surface area contributed by atoms with E-state index >= 15 is 0 Å². The highest BCUT2D eigenvalue weighted by Crippen LogP contribution is 2.28. The number of hydrogen-bond donors (Lipinski definition) is 0. The van der Waals surface area contributed by atoms with Crippen molar-refractivity contribution in [3.05, 3.63) is 60.8 Å². The summed E-state index contributed by atoms with van der Waals surface area (Å²) in [6, 6.07) is 8.00. The zero-order chi connectivity index (χ0) is 18.9. The number of aromatic nitrogens is 7. The summed E-state index contributed by atoms with van der Waals surface area (Å²) in [4.78, 5) is 15.8. The van der Waals surface area contributed by atoms with E-state index in [1.54, 1.807) is 12.5 Å². The number of piperidine rings is 1. The van der Waals surface area contributed by atoms with Crippen LogP contribution in [0, 0.1) is 0 Å². The third-order valence-electron chi connectivity index (χ3n) is 5.43. The van der Waals surface area contributed by atoms with E-state index in [1.165, 1.54) is 0 Å². The van der Waals surface area contributed by atoms with E-state index in [0.29, 0.717) is 12.5 Å². The van der Waals surface area contributed by atoms with E-state index in [1.807, 2.05) is 41.2 Å². The molecule has 28 heavy (non-hydrogen) atoms. The molecule has 0 N–H and O–H groups in total. The van der Waals surface area contributed by atoms with Crippen LogP contribution < -0.4 is 4.90 Å². The van der Waals surface area contributed by atoms with E-state index in [2.05, 4.69) is 36.7 Å². The van der Waals surface area contributed by atoms with Crippen molar-refractivity contribution in [1.82, 2.24) is 34.3 Å². The molecule has 0 spiro atoms. The molecule has 4 heterocycles. The van der Waals surface area contributed by atoms with Gasteiger partial charge in [-0.25, -0.2) is 9.97 Å². The predicted octanol–water partition coefficient (Wildman–Crippen LogP) is 2.39. The highest BCUT2D eigenvalue weighted by Gasteiger charge is 2.27. The Morgan fingerprint density at radius 2 is 2.04 bits per heavy atom. The van der Waals surface area contributed by atoms with Crippen molar-refractivity contribution in [1.29, 1.82) is 0 Å². The maximum atomic E-state index is 4.81. The third kappa shape index (κ3) is 3.11. The van der Waals surface area contributed by atoms with Crippen molar-refractivity contribution in [3.63, 3.8) is 0 Å². The molecule has 8 heteroatoms. The number of para-hydroxylation sites is 2. The maximum absolute atomic E-state index is 4.81. The molecule has 1 fully saturated rings. The lowest BCUT2D eigenvalue weighted by Gasteiger charge is -2.33. The van der Waals surface area contributed by atoms with Crippen LogP contribution in [0.2, 0.25) is 0 Å². The van der Waals surface area contributed by atoms with Gasteiger partial charge in [-0.3, -0.25) is 4.98 Å². The molecule has 0 radical (unpaired) electrons. The fraction of sp³-hybridized carbons (Fsp3) is 0.350. The number of anilines is 1. The largest absolute Gasteiger partial charge is 0.355 e. The average Bonchev–Trinajstić information content (AvgIpc) is 3.38. The zero-order valence-electron chi connectivity index (χ0n) is 15.8. The van der Waals surface area contributed by atoms with Crippen LogP contribution in [0.4, 0.5) is 5.82 Å². The predicted molar refractivity (Wildman–Crippen MR) is 106 cm³/mol. The molecule has 1 atom stereocenters.